The van der Waals surface area contributed by atoms with Crippen LogP contribution in [0.15, 0.2) is 61.1 Å². The Hall–Kier alpha value is -3.16. The number of aromatic nitrogens is 4. The van der Waals surface area contributed by atoms with Crippen LogP contribution in [0, 0.1) is 5.82 Å². The van der Waals surface area contributed by atoms with E-state index in [1.807, 2.05) is 53.1 Å². The Morgan fingerprint density at radius 3 is 2.50 bits per heavy atom. The van der Waals surface area contributed by atoms with E-state index in [0.717, 1.165) is 29.6 Å². The van der Waals surface area contributed by atoms with Gasteiger partial charge in [0.15, 0.2) is 5.82 Å². The van der Waals surface area contributed by atoms with Gasteiger partial charge in [0.1, 0.15) is 17.2 Å². The Bertz CT molecular complexity index is 1200. The maximum atomic E-state index is 14.8. The average Bonchev–Trinajstić information content (AvgIpc) is 3.20. The van der Waals surface area contributed by atoms with Gasteiger partial charge in [0, 0.05) is 12.2 Å². The van der Waals surface area contributed by atoms with Crippen LogP contribution < -0.4 is 11.5 Å². The Morgan fingerprint density at radius 1 is 0.967 bits per heavy atom. The summed E-state index contributed by atoms with van der Waals surface area (Å²) in [4.78, 5) is 13.2. The van der Waals surface area contributed by atoms with E-state index in [4.69, 9.17) is 11.5 Å². The van der Waals surface area contributed by atoms with Crippen molar-refractivity contribution >= 4 is 5.65 Å². The Morgan fingerprint density at radius 2 is 1.73 bits per heavy atom. The summed E-state index contributed by atoms with van der Waals surface area (Å²) in [5.41, 5.74) is 15.5. The van der Waals surface area contributed by atoms with Crippen LogP contribution in [0.4, 0.5) is 4.39 Å². The first-order chi connectivity index (χ1) is 14.5. The van der Waals surface area contributed by atoms with Crippen LogP contribution in [0.2, 0.25) is 0 Å². The van der Waals surface area contributed by atoms with E-state index in [0.29, 0.717) is 24.4 Å². The average molecular weight is 402 g/mol. The second-order valence-electron chi connectivity index (χ2n) is 8.04. The van der Waals surface area contributed by atoms with Crippen molar-refractivity contribution in [2.45, 2.75) is 37.3 Å². The molecule has 4 N–H and O–H groups in total. The van der Waals surface area contributed by atoms with E-state index in [1.165, 1.54) is 6.20 Å². The third-order valence-electron chi connectivity index (χ3n) is 5.97. The first-order valence-electron chi connectivity index (χ1n) is 10.1. The Labute approximate surface area is 173 Å². The minimum atomic E-state index is -0.686. The van der Waals surface area contributed by atoms with E-state index in [2.05, 4.69) is 15.0 Å². The van der Waals surface area contributed by atoms with Crippen molar-refractivity contribution in [1.29, 1.82) is 0 Å². The van der Waals surface area contributed by atoms with Crippen molar-refractivity contribution in [1.82, 2.24) is 19.4 Å². The first kappa shape index (κ1) is 18.8. The zero-order chi connectivity index (χ0) is 20.7. The van der Waals surface area contributed by atoms with Crippen LogP contribution in [-0.2, 0) is 5.54 Å². The van der Waals surface area contributed by atoms with Gasteiger partial charge in [-0.15, -0.1) is 0 Å². The van der Waals surface area contributed by atoms with Gasteiger partial charge in [0.25, 0.3) is 0 Å². The zero-order valence-corrected chi connectivity index (χ0v) is 16.5. The van der Waals surface area contributed by atoms with E-state index < -0.39 is 11.4 Å². The van der Waals surface area contributed by atoms with Crippen LogP contribution in [0.25, 0.3) is 28.2 Å². The molecule has 3 heterocycles. The molecular formula is C23H23FN6. The molecule has 0 spiro atoms. The van der Waals surface area contributed by atoms with Gasteiger partial charge < -0.3 is 11.5 Å². The summed E-state index contributed by atoms with van der Waals surface area (Å²) in [5, 5.41) is 0. The monoisotopic (exact) mass is 402 g/mol. The highest BCUT2D eigenvalue weighted by Crippen LogP contribution is 2.34. The maximum Gasteiger partial charge on any atom is 0.169 e. The second kappa shape index (κ2) is 7.27. The summed E-state index contributed by atoms with van der Waals surface area (Å²) in [6.07, 6.45) is 7.78. The highest BCUT2D eigenvalue weighted by atomic mass is 19.1. The third-order valence-corrected chi connectivity index (χ3v) is 5.97. The standard InChI is InChI=1S/C23H23FN6/c24-18-12-28-22(23(26)10-8-17(25)9-11-23)29-21(18)19-13-27-20-7-6-16(14-30(19)20)15-4-2-1-3-5-15/h1-7,12-14,17H,8-11,25-26H2. The van der Waals surface area contributed by atoms with Crippen LogP contribution in [0.3, 0.4) is 0 Å². The molecule has 6 nitrogen and oxygen atoms in total. The van der Waals surface area contributed by atoms with Gasteiger partial charge in [-0.1, -0.05) is 30.3 Å². The fraction of sp³-hybridized carbons (Fsp3) is 0.261. The Kier molecular flexibility index (Phi) is 4.56. The van der Waals surface area contributed by atoms with Gasteiger partial charge in [-0.3, -0.25) is 4.40 Å². The lowest BCUT2D eigenvalue weighted by atomic mass is 9.80. The molecular weight excluding hydrogens is 379 g/mol. The van der Waals surface area contributed by atoms with Crippen molar-refractivity contribution in [3.63, 3.8) is 0 Å². The molecule has 0 amide bonds. The van der Waals surface area contributed by atoms with Gasteiger partial charge in [-0.05, 0) is 48.9 Å². The summed E-state index contributed by atoms with van der Waals surface area (Å²) >= 11 is 0. The van der Waals surface area contributed by atoms with Crippen LogP contribution in [0.5, 0.6) is 0 Å². The number of nitrogens with zero attached hydrogens (tertiary/aromatic N) is 4. The highest BCUT2D eigenvalue weighted by Gasteiger charge is 2.35. The second-order valence-corrected chi connectivity index (χ2v) is 8.04. The Balaban J connectivity index is 1.60. The highest BCUT2D eigenvalue weighted by molar-refractivity contribution is 5.68. The predicted octanol–water partition coefficient (Wildman–Crippen LogP) is 3.65. The number of halogens is 1. The summed E-state index contributed by atoms with van der Waals surface area (Å²) in [6.45, 7) is 0. The lowest BCUT2D eigenvalue weighted by Gasteiger charge is -2.34. The number of hydrogen-bond acceptors (Lipinski definition) is 5. The van der Waals surface area contributed by atoms with Gasteiger partial charge in [-0.2, -0.15) is 0 Å². The molecule has 1 aliphatic rings. The van der Waals surface area contributed by atoms with Gasteiger partial charge in [0.2, 0.25) is 0 Å². The first-order valence-corrected chi connectivity index (χ1v) is 10.1. The smallest absolute Gasteiger partial charge is 0.169 e. The van der Waals surface area contributed by atoms with E-state index in [1.54, 1.807) is 6.20 Å². The predicted molar refractivity (Wildman–Crippen MR) is 114 cm³/mol. The van der Waals surface area contributed by atoms with E-state index in [9.17, 15) is 4.39 Å². The normalized spacial score (nSPS) is 21.8. The summed E-state index contributed by atoms with van der Waals surface area (Å²) in [5.74, 6) is -0.0401. The molecule has 30 heavy (non-hydrogen) atoms. The molecule has 0 aliphatic heterocycles. The quantitative estimate of drug-likeness (QED) is 0.545. The fourth-order valence-corrected chi connectivity index (χ4v) is 4.12. The van der Waals surface area contributed by atoms with E-state index >= 15 is 0 Å². The van der Waals surface area contributed by atoms with Crippen molar-refractivity contribution in [2.24, 2.45) is 11.5 Å². The van der Waals surface area contributed by atoms with Crippen molar-refractivity contribution in [3.8, 4) is 22.5 Å². The molecule has 1 aromatic carbocycles. The number of hydrogen-bond donors (Lipinski definition) is 2. The fourth-order valence-electron chi connectivity index (χ4n) is 4.12. The number of rotatable bonds is 3. The topological polar surface area (TPSA) is 95.1 Å². The molecule has 1 saturated carbocycles. The molecule has 1 aliphatic carbocycles. The maximum absolute atomic E-state index is 14.8. The molecule has 0 saturated heterocycles. The van der Waals surface area contributed by atoms with Gasteiger partial charge >= 0.3 is 0 Å². The SMILES string of the molecule is NC1CCC(N)(c2ncc(F)c(-c3cnc4ccc(-c5ccccc5)cn34)n2)CC1. The van der Waals surface area contributed by atoms with Gasteiger partial charge in [0.05, 0.1) is 23.6 Å². The van der Waals surface area contributed by atoms with Crippen LogP contribution in [-0.4, -0.2) is 25.4 Å². The molecule has 0 radical (unpaired) electrons. The van der Waals surface area contributed by atoms with Crippen molar-refractivity contribution in [3.05, 3.63) is 72.7 Å². The van der Waals surface area contributed by atoms with Crippen molar-refractivity contribution < 1.29 is 4.39 Å². The molecule has 0 atom stereocenters. The summed E-state index contributed by atoms with van der Waals surface area (Å²) in [7, 11) is 0. The molecule has 0 bridgehead atoms. The molecule has 4 aromatic rings. The third kappa shape index (κ3) is 3.26. The zero-order valence-electron chi connectivity index (χ0n) is 16.5. The molecule has 0 unspecified atom stereocenters. The molecule has 5 rings (SSSR count). The number of nitrogens with two attached hydrogens (primary N) is 2. The number of imidazole rings is 1. The lowest BCUT2D eigenvalue weighted by molar-refractivity contribution is 0.264. The number of pyridine rings is 1. The number of benzene rings is 1. The molecule has 152 valence electrons. The number of fused-ring (bicyclic) bond motifs is 1. The molecule has 1 fully saturated rings. The van der Waals surface area contributed by atoms with Crippen LogP contribution in [0.1, 0.15) is 31.5 Å². The summed E-state index contributed by atoms with van der Waals surface area (Å²) < 4.78 is 16.7. The molecule has 3 aromatic heterocycles. The van der Waals surface area contributed by atoms with Crippen molar-refractivity contribution in [2.75, 3.05) is 0 Å². The molecule has 7 heteroatoms. The minimum absolute atomic E-state index is 0.150. The minimum Gasteiger partial charge on any atom is -0.328 e. The van der Waals surface area contributed by atoms with Crippen LogP contribution >= 0.6 is 0 Å². The van der Waals surface area contributed by atoms with E-state index in [-0.39, 0.29) is 11.7 Å². The largest absolute Gasteiger partial charge is 0.328 e. The summed E-state index contributed by atoms with van der Waals surface area (Å²) in [6, 6.07) is 14.1. The van der Waals surface area contributed by atoms with Gasteiger partial charge in [-0.25, -0.2) is 19.3 Å². The lowest BCUT2D eigenvalue weighted by Crippen LogP contribution is -2.45.